The van der Waals surface area contributed by atoms with Crippen LogP contribution in [0.25, 0.3) is 11.3 Å². The van der Waals surface area contributed by atoms with Gasteiger partial charge in [-0.3, -0.25) is 19.3 Å². The van der Waals surface area contributed by atoms with Crippen molar-refractivity contribution in [3.05, 3.63) is 59.1 Å². The number of nitrogens with zero attached hydrogens (tertiary/aromatic N) is 3. The zero-order chi connectivity index (χ0) is 24.5. The maximum absolute atomic E-state index is 13.1. The average Bonchev–Trinajstić information content (AvgIpc) is 3.60. The molecule has 0 unspecified atom stereocenters. The van der Waals surface area contributed by atoms with Crippen molar-refractivity contribution in [3.8, 4) is 11.3 Å². The number of aromatic nitrogens is 2. The first-order valence-electron chi connectivity index (χ1n) is 12.5. The summed E-state index contributed by atoms with van der Waals surface area (Å²) in [6, 6.07) is 11.7. The lowest BCUT2D eigenvalue weighted by Gasteiger charge is -2.28. The number of fused-ring (bicyclic) bond motifs is 1. The van der Waals surface area contributed by atoms with Crippen molar-refractivity contribution in [3.63, 3.8) is 0 Å². The Bertz CT molecular complexity index is 1290. The Labute approximate surface area is 205 Å². The van der Waals surface area contributed by atoms with Crippen molar-refractivity contribution in [2.45, 2.75) is 51.9 Å². The van der Waals surface area contributed by atoms with Crippen LogP contribution in [0, 0.1) is 18.8 Å². The number of benzene rings is 1. The Balaban J connectivity index is 1.31. The average molecular weight is 473 g/mol. The van der Waals surface area contributed by atoms with Crippen LogP contribution < -0.4 is 5.32 Å². The second-order valence-corrected chi connectivity index (χ2v) is 9.78. The molecule has 0 spiro atoms. The fourth-order valence-electron chi connectivity index (χ4n) is 5.52. The van der Waals surface area contributed by atoms with Crippen LogP contribution >= 0.6 is 0 Å². The first-order valence-corrected chi connectivity index (χ1v) is 12.5. The fourth-order valence-corrected chi connectivity index (χ4v) is 5.52. The third-order valence-electron chi connectivity index (χ3n) is 7.36. The molecular formula is C28H32N4O3. The van der Waals surface area contributed by atoms with Crippen molar-refractivity contribution in [2.24, 2.45) is 23.9 Å². The van der Waals surface area contributed by atoms with Crippen LogP contribution in [-0.2, 0) is 18.3 Å². The van der Waals surface area contributed by atoms with E-state index in [4.69, 9.17) is 9.41 Å². The number of furan rings is 1. The van der Waals surface area contributed by atoms with E-state index in [-0.39, 0.29) is 29.9 Å². The number of hydrogen-bond acceptors (Lipinski definition) is 5. The van der Waals surface area contributed by atoms with Crippen molar-refractivity contribution in [1.82, 2.24) is 15.1 Å². The Morgan fingerprint density at radius 2 is 1.94 bits per heavy atom. The van der Waals surface area contributed by atoms with Gasteiger partial charge in [-0.05, 0) is 67.6 Å². The van der Waals surface area contributed by atoms with Crippen LogP contribution in [0.3, 0.4) is 0 Å². The summed E-state index contributed by atoms with van der Waals surface area (Å²) < 4.78 is 7.86. The molecule has 3 heterocycles. The van der Waals surface area contributed by atoms with Gasteiger partial charge in [0.1, 0.15) is 5.76 Å². The van der Waals surface area contributed by atoms with Gasteiger partial charge < -0.3 is 9.73 Å². The zero-order valence-electron chi connectivity index (χ0n) is 20.6. The molecule has 0 saturated heterocycles. The summed E-state index contributed by atoms with van der Waals surface area (Å²) in [4.78, 5) is 30.4. The molecule has 1 atom stereocenters. The second kappa shape index (κ2) is 9.64. The summed E-state index contributed by atoms with van der Waals surface area (Å²) in [6.07, 6.45) is 6.38. The molecule has 3 aromatic rings. The number of rotatable bonds is 7. The highest BCUT2D eigenvalue weighted by Gasteiger charge is 2.32. The number of nitrogens with one attached hydrogen (secondary N) is 1. The van der Waals surface area contributed by atoms with Gasteiger partial charge in [-0.1, -0.05) is 19.3 Å². The number of hydrogen-bond donors (Lipinski definition) is 1. The van der Waals surface area contributed by atoms with Crippen LogP contribution in [-0.4, -0.2) is 34.2 Å². The first kappa shape index (κ1) is 23.3. The van der Waals surface area contributed by atoms with Crippen molar-refractivity contribution in [1.29, 1.82) is 0 Å². The number of Topliss-reactive ketones (excluding diaryl/α,β-unsaturated/α-hetero) is 1. The molecule has 7 nitrogen and oxygen atoms in total. The molecule has 2 aliphatic rings. The van der Waals surface area contributed by atoms with Gasteiger partial charge in [-0.25, -0.2) is 0 Å². The molecule has 0 radical (unpaired) electrons. The molecule has 182 valence electrons. The van der Waals surface area contributed by atoms with Crippen molar-refractivity contribution >= 4 is 23.1 Å². The summed E-state index contributed by atoms with van der Waals surface area (Å²) in [5, 5.41) is 7.19. The van der Waals surface area contributed by atoms with Gasteiger partial charge >= 0.3 is 0 Å². The molecule has 2 aromatic heterocycles. The van der Waals surface area contributed by atoms with E-state index >= 15 is 0 Å². The highest BCUT2D eigenvalue weighted by molar-refractivity contribution is 6.05. The predicted octanol–water partition coefficient (Wildman–Crippen LogP) is 5.18. The molecule has 1 saturated carbocycles. The molecule has 1 aliphatic heterocycles. The van der Waals surface area contributed by atoms with E-state index in [0.717, 1.165) is 66.0 Å². The van der Waals surface area contributed by atoms with Gasteiger partial charge in [0.05, 0.1) is 22.8 Å². The van der Waals surface area contributed by atoms with Crippen LogP contribution in [0.5, 0.6) is 0 Å². The highest BCUT2D eigenvalue weighted by atomic mass is 16.3. The summed E-state index contributed by atoms with van der Waals surface area (Å²) >= 11 is 0. The van der Waals surface area contributed by atoms with E-state index in [1.165, 1.54) is 6.42 Å². The van der Waals surface area contributed by atoms with E-state index in [1.807, 2.05) is 36.9 Å². The molecular weight excluding hydrogens is 440 g/mol. The van der Waals surface area contributed by atoms with E-state index in [2.05, 4.69) is 22.5 Å². The standard InChI is InChI=1S/C28H32N4O3/c1-17-13-24(32(3)31-17)23-15-20-14-19(9-10-22(20)30-23)26-11-12-27(35-26)25(33)16-21(28(34)29-2)18-7-5-4-6-8-18/h9-14,18,21H,4-8,15-16H2,1-3H3,(H,29,34)/t21-/m0/s1. The zero-order valence-corrected chi connectivity index (χ0v) is 20.6. The van der Waals surface area contributed by atoms with Crippen LogP contribution in [0.2, 0.25) is 0 Å². The molecule has 1 fully saturated rings. The molecule has 5 rings (SSSR count). The van der Waals surface area contributed by atoms with Gasteiger partial charge in [0.25, 0.3) is 0 Å². The number of carbonyl (C=O) groups is 2. The quantitative estimate of drug-likeness (QED) is 0.480. The molecule has 7 heteroatoms. The second-order valence-electron chi connectivity index (χ2n) is 9.78. The van der Waals surface area contributed by atoms with Crippen LogP contribution in [0.4, 0.5) is 5.69 Å². The summed E-state index contributed by atoms with van der Waals surface area (Å²) in [7, 11) is 3.58. The van der Waals surface area contributed by atoms with Crippen molar-refractivity contribution in [2.75, 3.05) is 7.05 Å². The minimum absolute atomic E-state index is 0.0462. The lowest BCUT2D eigenvalue weighted by Crippen LogP contribution is -2.35. The molecule has 1 N–H and O–H groups in total. The smallest absolute Gasteiger partial charge is 0.223 e. The number of carbonyl (C=O) groups excluding carboxylic acids is 2. The Morgan fingerprint density at radius 1 is 1.14 bits per heavy atom. The Kier molecular flexibility index (Phi) is 6.41. The van der Waals surface area contributed by atoms with E-state index in [1.54, 1.807) is 13.1 Å². The van der Waals surface area contributed by atoms with Gasteiger partial charge in [0, 0.05) is 38.4 Å². The number of ketones is 1. The minimum atomic E-state index is -0.299. The Morgan fingerprint density at radius 3 is 2.66 bits per heavy atom. The van der Waals surface area contributed by atoms with Gasteiger partial charge in [-0.2, -0.15) is 5.10 Å². The van der Waals surface area contributed by atoms with Crippen LogP contribution in [0.1, 0.15) is 66.0 Å². The topological polar surface area (TPSA) is 89.5 Å². The molecule has 0 bridgehead atoms. The lowest BCUT2D eigenvalue weighted by atomic mass is 9.77. The molecule has 1 amide bonds. The van der Waals surface area contributed by atoms with Crippen LogP contribution in [0.15, 0.2) is 45.8 Å². The fraction of sp³-hybridized carbons (Fsp3) is 0.429. The lowest BCUT2D eigenvalue weighted by molar-refractivity contribution is -0.126. The highest BCUT2D eigenvalue weighted by Crippen LogP contribution is 2.35. The third kappa shape index (κ3) is 4.72. The maximum atomic E-state index is 13.1. The summed E-state index contributed by atoms with van der Waals surface area (Å²) in [5.41, 5.74) is 5.98. The van der Waals surface area contributed by atoms with Gasteiger partial charge in [0.2, 0.25) is 5.91 Å². The minimum Gasteiger partial charge on any atom is -0.453 e. The predicted molar refractivity (Wildman–Crippen MR) is 135 cm³/mol. The number of aliphatic imine (C=N–C) groups is 1. The Hall–Kier alpha value is -3.48. The largest absolute Gasteiger partial charge is 0.453 e. The molecule has 35 heavy (non-hydrogen) atoms. The third-order valence-corrected chi connectivity index (χ3v) is 7.36. The van der Waals surface area contributed by atoms with E-state index in [9.17, 15) is 9.59 Å². The SMILES string of the molecule is CNC(=O)[C@@H](CC(=O)c1ccc(-c2ccc3c(c2)CC(c2cc(C)nn2C)=N3)o1)C1CCCCC1. The maximum Gasteiger partial charge on any atom is 0.223 e. The normalized spacial score (nSPS) is 16.6. The summed E-state index contributed by atoms with van der Waals surface area (Å²) in [5.74, 6) is 0.759. The van der Waals surface area contributed by atoms with E-state index in [0.29, 0.717) is 11.5 Å². The van der Waals surface area contributed by atoms with Gasteiger partial charge in [-0.15, -0.1) is 0 Å². The summed E-state index contributed by atoms with van der Waals surface area (Å²) in [6.45, 7) is 1.98. The van der Waals surface area contributed by atoms with Crippen molar-refractivity contribution < 1.29 is 14.0 Å². The first-order chi connectivity index (χ1) is 16.9. The van der Waals surface area contributed by atoms with Gasteiger partial charge in [0.15, 0.2) is 11.5 Å². The number of amides is 1. The van der Waals surface area contributed by atoms with E-state index < -0.39 is 0 Å². The number of aryl methyl sites for hydroxylation is 2. The monoisotopic (exact) mass is 472 g/mol. The molecule has 1 aliphatic carbocycles. The molecule has 1 aromatic carbocycles.